The molecule has 1 aromatic heterocycles. The molecular formula is C32H40ClFN4O5. The molecule has 11 heteroatoms. The van der Waals surface area contributed by atoms with Gasteiger partial charge in [-0.05, 0) is 42.8 Å². The quantitative estimate of drug-likeness (QED) is 0.149. The average Bonchev–Trinajstić information content (AvgIpc) is 2.93. The van der Waals surface area contributed by atoms with Crippen LogP contribution in [0.1, 0.15) is 32.8 Å². The molecule has 0 spiro atoms. The fourth-order valence-electron chi connectivity index (χ4n) is 4.24. The van der Waals surface area contributed by atoms with E-state index < -0.39 is 5.82 Å². The summed E-state index contributed by atoms with van der Waals surface area (Å²) < 4.78 is 30.1. The Labute approximate surface area is 257 Å². The van der Waals surface area contributed by atoms with Crippen LogP contribution in [-0.2, 0) is 25.5 Å². The monoisotopic (exact) mass is 614 g/mol. The Balaban J connectivity index is 1.48. The minimum absolute atomic E-state index is 0.00732. The lowest BCUT2D eigenvalue weighted by Crippen LogP contribution is -2.24. The molecule has 0 aliphatic heterocycles. The van der Waals surface area contributed by atoms with Gasteiger partial charge in [0.1, 0.15) is 30.3 Å². The molecule has 0 saturated heterocycles. The van der Waals surface area contributed by atoms with E-state index in [1.54, 1.807) is 25.3 Å². The van der Waals surface area contributed by atoms with Gasteiger partial charge >= 0.3 is 0 Å². The maximum atomic E-state index is 13.6. The molecule has 232 valence electrons. The van der Waals surface area contributed by atoms with Crippen LogP contribution in [0.3, 0.4) is 0 Å². The van der Waals surface area contributed by atoms with Crippen LogP contribution in [0.15, 0.2) is 48.8 Å². The molecule has 0 radical (unpaired) electrons. The number of likely N-dealkylation sites (N-methyl/N-ethyl adjacent to an activating group) is 1. The number of nitrogens with zero attached hydrogens (tertiary/aromatic N) is 3. The van der Waals surface area contributed by atoms with Crippen molar-refractivity contribution >= 4 is 45.6 Å². The summed E-state index contributed by atoms with van der Waals surface area (Å²) in [6.07, 6.45) is 5.40. The van der Waals surface area contributed by atoms with E-state index in [9.17, 15) is 14.0 Å². The Hall–Kier alpha value is -3.44. The van der Waals surface area contributed by atoms with Crippen molar-refractivity contribution in [2.75, 3.05) is 59.0 Å². The molecule has 1 heterocycles. The fraction of sp³-hybridized carbons (Fsp3) is 0.438. The second kappa shape index (κ2) is 16.4. The van der Waals surface area contributed by atoms with Gasteiger partial charge in [-0.3, -0.25) is 9.59 Å². The number of fused-ring (bicyclic) bond motifs is 1. The average molecular weight is 615 g/mol. The number of allylic oxidation sites excluding steroid dienone is 1. The van der Waals surface area contributed by atoms with Crippen molar-refractivity contribution in [1.82, 2.24) is 14.9 Å². The summed E-state index contributed by atoms with van der Waals surface area (Å²) in [6, 6.07) is 7.88. The number of hydrogen-bond acceptors (Lipinski definition) is 9. The number of Topliss-reactive ketones (excluding diaryl/α,β-unsaturated/α-hetero) is 1. The normalized spacial score (nSPS) is 11.9. The standard InChI is InChI=1S/C32H40ClFN4O5/c1-32(2,3)19-25(40)20-43-14-13-42-12-11-38(4)10-6-7-24(39)15-22-16-26-29(18-30(22)41-5)35-21-36-31(26)37-23-8-9-28(34)27(33)17-23/h6-9,16-18,21H,10-15,19-20H2,1-5H3,(H,35,36,37)/b7-6+. The van der Waals surface area contributed by atoms with E-state index in [0.717, 1.165) is 0 Å². The molecule has 0 amide bonds. The molecule has 0 bridgehead atoms. The van der Waals surface area contributed by atoms with Crippen LogP contribution in [0.5, 0.6) is 5.75 Å². The SMILES string of the molecule is COc1cc2ncnc(Nc3ccc(F)c(Cl)c3)c2cc1CC(=O)/C=C/CN(C)CCOCCOCC(=O)CC(C)(C)C. The summed E-state index contributed by atoms with van der Waals surface area (Å²) in [5.41, 5.74) is 1.83. The van der Waals surface area contributed by atoms with Crippen molar-refractivity contribution in [3.63, 3.8) is 0 Å². The summed E-state index contributed by atoms with van der Waals surface area (Å²) in [5.74, 6) is 0.526. The minimum Gasteiger partial charge on any atom is -0.496 e. The number of aromatic nitrogens is 2. The Bertz CT molecular complexity index is 1430. The summed E-state index contributed by atoms with van der Waals surface area (Å²) in [7, 11) is 3.48. The number of benzene rings is 2. The Morgan fingerprint density at radius 1 is 1.09 bits per heavy atom. The highest BCUT2D eigenvalue weighted by Crippen LogP contribution is 2.31. The van der Waals surface area contributed by atoms with E-state index in [4.69, 9.17) is 25.8 Å². The lowest BCUT2D eigenvalue weighted by atomic mass is 9.90. The number of hydrogen-bond donors (Lipinski definition) is 1. The van der Waals surface area contributed by atoms with Crippen molar-refractivity contribution in [2.24, 2.45) is 5.41 Å². The van der Waals surface area contributed by atoms with Gasteiger partial charge in [-0.15, -0.1) is 0 Å². The topological polar surface area (TPSA) is 103 Å². The van der Waals surface area contributed by atoms with Crippen molar-refractivity contribution in [2.45, 2.75) is 33.6 Å². The zero-order chi connectivity index (χ0) is 31.4. The van der Waals surface area contributed by atoms with Crippen LogP contribution < -0.4 is 10.1 Å². The highest BCUT2D eigenvalue weighted by Gasteiger charge is 2.16. The lowest BCUT2D eigenvalue weighted by Gasteiger charge is -2.16. The van der Waals surface area contributed by atoms with Crippen LogP contribution in [-0.4, -0.2) is 80.1 Å². The number of methoxy groups -OCH3 is 1. The predicted octanol–water partition coefficient (Wildman–Crippen LogP) is 5.81. The van der Waals surface area contributed by atoms with Crippen LogP contribution in [0.2, 0.25) is 5.02 Å². The smallest absolute Gasteiger partial charge is 0.159 e. The number of nitrogens with one attached hydrogen (secondary N) is 1. The summed E-state index contributed by atoms with van der Waals surface area (Å²) in [5, 5.41) is 3.81. The van der Waals surface area contributed by atoms with Crippen LogP contribution in [0.4, 0.5) is 15.9 Å². The molecule has 0 aliphatic rings. The van der Waals surface area contributed by atoms with Crippen molar-refractivity contribution in [1.29, 1.82) is 0 Å². The number of rotatable bonds is 17. The molecule has 0 fully saturated rings. The van der Waals surface area contributed by atoms with Crippen LogP contribution in [0.25, 0.3) is 10.9 Å². The van der Waals surface area contributed by atoms with Gasteiger partial charge in [-0.2, -0.15) is 0 Å². The molecule has 0 atom stereocenters. The van der Waals surface area contributed by atoms with Gasteiger partial charge in [0.2, 0.25) is 0 Å². The second-order valence-corrected chi connectivity index (χ2v) is 11.8. The van der Waals surface area contributed by atoms with E-state index in [2.05, 4.69) is 15.3 Å². The number of ketones is 2. The molecule has 3 aromatic rings. The molecule has 9 nitrogen and oxygen atoms in total. The molecule has 43 heavy (non-hydrogen) atoms. The summed E-state index contributed by atoms with van der Waals surface area (Å²) in [4.78, 5) is 35.3. The van der Waals surface area contributed by atoms with E-state index >= 15 is 0 Å². The molecule has 0 unspecified atom stereocenters. The van der Waals surface area contributed by atoms with Gasteiger partial charge in [-0.1, -0.05) is 38.4 Å². The first-order valence-electron chi connectivity index (χ1n) is 14.0. The minimum atomic E-state index is -0.513. The van der Waals surface area contributed by atoms with Gasteiger partial charge in [0.25, 0.3) is 0 Å². The first-order valence-corrected chi connectivity index (χ1v) is 14.4. The molecule has 1 N–H and O–H groups in total. The lowest BCUT2D eigenvalue weighted by molar-refractivity contribution is -0.125. The first-order chi connectivity index (χ1) is 20.4. The third kappa shape index (κ3) is 11.6. The number of halogens is 2. The van der Waals surface area contributed by atoms with Crippen molar-refractivity contribution in [3.8, 4) is 5.75 Å². The number of carbonyl (C=O) groups is 2. The number of anilines is 2. The van der Waals surface area contributed by atoms with Gasteiger partial charge in [0, 0.05) is 48.6 Å². The van der Waals surface area contributed by atoms with Crippen LogP contribution >= 0.6 is 11.6 Å². The van der Waals surface area contributed by atoms with E-state index in [0.29, 0.717) is 73.1 Å². The third-order valence-electron chi connectivity index (χ3n) is 6.29. The molecule has 2 aromatic carbocycles. The molecule has 0 aliphatic carbocycles. The maximum absolute atomic E-state index is 13.6. The molecule has 3 rings (SSSR count). The van der Waals surface area contributed by atoms with Gasteiger partial charge in [0.05, 0.1) is 37.5 Å². The highest BCUT2D eigenvalue weighted by atomic mass is 35.5. The highest BCUT2D eigenvalue weighted by molar-refractivity contribution is 6.31. The zero-order valence-electron chi connectivity index (χ0n) is 25.4. The largest absolute Gasteiger partial charge is 0.496 e. The maximum Gasteiger partial charge on any atom is 0.159 e. The fourth-order valence-corrected chi connectivity index (χ4v) is 4.42. The first kappa shape index (κ1) is 34.1. The van der Waals surface area contributed by atoms with Crippen molar-refractivity contribution in [3.05, 3.63) is 65.2 Å². The van der Waals surface area contributed by atoms with Gasteiger partial charge in [-0.25, -0.2) is 14.4 Å². The Kier molecular flexibility index (Phi) is 13.0. The van der Waals surface area contributed by atoms with Gasteiger partial charge < -0.3 is 24.4 Å². The van der Waals surface area contributed by atoms with Crippen LogP contribution in [0, 0.1) is 11.2 Å². The summed E-state index contributed by atoms with van der Waals surface area (Å²) in [6.45, 7) is 8.73. The van der Waals surface area contributed by atoms with E-state index in [-0.39, 0.29) is 35.0 Å². The molecular weight excluding hydrogens is 575 g/mol. The Morgan fingerprint density at radius 2 is 1.86 bits per heavy atom. The van der Waals surface area contributed by atoms with Gasteiger partial charge in [0.15, 0.2) is 11.6 Å². The third-order valence-corrected chi connectivity index (χ3v) is 6.57. The zero-order valence-corrected chi connectivity index (χ0v) is 26.2. The number of ether oxygens (including phenoxy) is 3. The Morgan fingerprint density at radius 3 is 2.58 bits per heavy atom. The van der Waals surface area contributed by atoms with E-state index in [1.807, 2.05) is 44.9 Å². The van der Waals surface area contributed by atoms with E-state index in [1.165, 1.54) is 18.5 Å². The molecule has 0 saturated carbocycles. The second-order valence-electron chi connectivity index (χ2n) is 11.4. The van der Waals surface area contributed by atoms with Crippen molar-refractivity contribution < 1.29 is 28.2 Å². The number of carbonyl (C=O) groups excluding carboxylic acids is 2. The summed E-state index contributed by atoms with van der Waals surface area (Å²) >= 11 is 5.92. The predicted molar refractivity (Wildman–Crippen MR) is 167 cm³/mol.